The number of carbonyl (C=O) groups excluding carboxylic acids is 2. The van der Waals surface area contributed by atoms with Gasteiger partial charge in [0.1, 0.15) is 12.6 Å². The summed E-state index contributed by atoms with van der Waals surface area (Å²) in [6, 6.07) is 16.5. The fraction of sp³-hybridized carbons (Fsp3) is 0.333. The van der Waals surface area contributed by atoms with Crippen molar-refractivity contribution in [2.24, 2.45) is 0 Å². The molecule has 0 fully saturated rings. The van der Waals surface area contributed by atoms with E-state index in [0.29, 0.717) is 39.2 Å². The van der Waals surface area contributed by atoms with Gasteiger partial charge in [0.25, 0.3) is 10.0 Å². The molecule has 0 saturated heterocycles. The van der Waals surface area contributed by atoms with Gasteiger partial charge < -0.3 is 10.2 Å². The molecule has 7 nitrogen and oxygen atoms in total. The molecule has 0 aliphatic rings. The number of hydrogen-bond donors (Lipinski definition) is 1. The van der Waals surface area contributed by atoms with E-state index in [1.54, 1.807) is 43.3 Å². The number of nitrogens with one attached hydrogen (secondary N) is 1. The molecule has 3 aromatic rings. The normalized spacial score (nSPS) is 12.9. The highest BCUT2D eigenvalue weighted by Crippen LogP contribution is 2.28. The van der Waals surface area contributed by atoms with Crippen LogP contribution in [0.15, 0.2) is 71.6 Å². The minimum absolute atomic E-state index is 0.0231. The molecule has 41 heavy (non-hydrogen) atoms. The lowest BCUT2D eigenvalue weighted by Gasteiger charge is -2.34. The first-order valence-electron chi connectivity index (χ1n) is 13.3. The van der Waals surface area contributed by atoms with Crippen LogP contribution in [0.5, 0.6) is 0 Å². The number of hydrogen-bond acceptors (Lipinski definition) is 4. The molecule has 1 N–H and O–H groups in total. The minimum atomic E-state index is -4.20. The summed E-state index contributed by atoms with van der Waals surface area (Å²) in [4.78, 5) is 28.9. The van der Waals surface area contributed by atoms with E-state index in [1.807, 2.05) is 26.8 Å². The fourth-order valence-corrected chi connectivity index (χ4v) is 6.24. The van der Waals surface area contributed by atoms with Gasteiger partial charge in [0, 0.05) is 27.7 Å². The molecule has 11 heteroatoms. The summed E-state index contributed by atoms with van der Waals surface area (Å²) in [5.74, 6) is -0.899. The van der Waals surface area contributed by atoms with E-state index in [1.165, 1.54) is 29.2 Å². The quantitative estimate of drug-likeness (QED) is 0.235. The van der Waals surface area contributed by atoms with Gasteiger partial charge in [-0.15, -0.1) is 0 Å². The van der Waals surface area contributed by atoms with Gasteiger partial charge in [-0.2, -0.15) is 0 Å². The van der Waals surface area contributed by atoms with Gasteiger partial charge in [0.15, 0.2) is 0 Å². The van der Waals surface area contributed by atoms with E-state index < -0.39 is 28.5 Å². The standard InChI is InChI=1S/C30H34Cl3N3O4S/c1-5-21(4)34-30(38)28(6-2)35(18-22-10-11-24(32)17-27(22)33)29(37)19-36(25-9-7-8-20(3)16-25)41(39,40)26-14-12-23(31)13-15-26/h7-17,21,28H,5-6,18-19H2,1-4H3,(H,34,38)/t21-,28-/m1/s1. The van der Waals surface area contributed by atoms with E-state index in [4.69, 9.17) is 34.8 Å². The molecule has 2 amide bonds. The van der Waals surface area contributed by atoms with Crippen LogP contribution in [0.2, 0.25) is 15.1 Å². The van der Waals surface area contributed by atoms with Crippen molar-refractivity contribution in [2.75, 3.05) is 10.8 Å². The second-order valence-electron chi connectivity index (χ2n) is 9.80. The van der Waals surface area contributed by atoms with Gasteiger partial charge in [-0.05, 0) is 86.3 Å². The van der Waals surface area contributed by atoms with Crippen LogP contribution in [-0.4, -0.2) is 43.8 Å². The summed E-state index contributed by atoms with van der Waals surface area (Å²) >= 11 is 18.5. The van der Waals surface area contributed by atoms with Gasteiger partial charge in [-0.1, -0.05) is 66.8 Å². The second kappa shape index (κ2) is 14.4. The molecular formula is C30H34Cl3N3O4S. The van der Waals surface area contributed by atoms with Gasteiger partial charge in [-0.3, -0.25) is 13.9 Å². The van der Waals surface area contributed by atoms with Crippen LogP contribution in [0.3, 0.4) is 0 Å². The van der Waals surface area contributed by atoms with Crippen LogP contribution in [0.1, 0.15) is 44.7 Å². The summed E-state index contributed by atoms with van der Waals surface area (Å²) in [7, 11) is -4.20. The van der Waals surface area contributed by atoms with Crippen LogP contribution in [-0.2, 0) is 26.2 Å². The smallest absolute Gasteiger partial charge is 0.264 e. The molecule has 220 valence electrons. The number of halogens is 3. The Morgan fingerprint density at radius 2 is 1.56 bits per heavy atom. The molecule has 0 saturated carbocycles. The SMILES string of the molecule is CC[C@@H](C)NC(=O)[C@@H](CC)N(Cc1ccc(Cl)cc1Cl)C(=O)CN(c1cccc(C)c1)S(=O)(=O)c1ccc(Cl)cc1. The zero-order chi connectivity index (χ0) is 30.3. The van der Waals surface area contributed by atoms with Crippen LogP contribution in [0, 0.1) is 6.92 Å². The van der Waals surface area contributed by atoms with Crippen molar-refractivity contribution in [3.8, 4) is 0 Å². The molecule has 0 bridgehead atoms. The van der Waals surface area contributed by atoms with E-state index >= 15 is 0 Å². The second-order valence-corrected chi connectivity index (χ2v) is 12.9. The molecule has 3 aromatic carbocycles. The Labute approximate surface area is 257 Å². The Bertz CT molecular complexity index is 1480. The first-order chi connectivity index (χ1) is 19.4. The molecule has 0 radical (unpaired) electrons. The molecule has 0 aliphatic heterocycles. The molecular weight excluding hydrogens is 605 g/mol. The lowest BCUT2D eigenvalue weighted by molar-refractivity contribution is -0.140. The van der Waals surface area contributed by atoms with Crippen molar-refractivity contribution in [1.29, 1.82) is 0 Å². The number of nitrogens with zero attached hydrogens (tertiary/aromatic N) is 2. The van der Waals surface area contributed by atoms with Crippen molar-refractivity contribution >= 4 is 62.3 Å². The highest BCUT2D eigenvalue weighted by Gasteiger charge is 2.34. The highest BCUT2D eigenvalue weighted by molar-refractivity contribution is 7.92. The number of rotatable bonds is 12. The van der Waals surface area contributed by atoms with Gasteiger partial charge in [0.05, 0.1) is 10.6 Å². The summed E-state index contributed by atoms with van der Waals surface area (Å²) in [6.07, 6.45) is 1.01. The van der Waals surface area contributed by atoms with Crippen molar-refractivity contribution in [3.63, 3.8) is 0 Å². The third kappa shape index (κ3) is 8.38. The predicted octanol–water partition coefficient (Wildman–Crippen LogP) is 6.87. The molecule has 3 rings (SSSR count). The lowest BCUT2D eigenvalue weighted by atomic mass is 10.1. The zero-order valence-corrected chi connectivity index (χ0v) is 26.5. The Balaban J connectivity index is 2.08. The van der Waals surface area contributed by atoms with Crippen molar-refractivity contribution < 1.29 is 18.0 Å². The molecule has 0 aliphatic carbocycles. The van der Waals surface area contributed by atoms with E-state index in [2.05, 4.69) is 5.32 Å². The molecule has 0 heterocycles. The topological polar surface area (TPSA) is 86.8 Å². The first kappa shape index (κ1) is 32.7. The largest absolute Gasteiger partial charge is 0.352 e. The van der Waals surface area contributed by atoms with Gasteiger partial charge in [-0.25, -0.2) is 8.42 Å². The van der Waals surface area contributed by atoms with Crippen LogP contribution in [0.25, 0.3) is 0 Å². The number of carbonyl (C=O) groups is 2. The van der Waals surface area contributed by atoms with E-state index in [9.17, 15) is 18.0 Å². The number of aryl methyl sites for hydroxylation is 1. The third-order valence-corrected chi connectivity index (χ3v) is 9.34. The van der Waals surface area contributed by atoms with Crippen LogP contribution < -0.4 is 9.62 Å². The summed E-state index contributed by atoms with van der Waals surface area (Å²) < 4.78 is 28.9. The molecule has 2 atom stereocenters. The highest BCUT2D eigenvalue weighted by atomic mass is 35.5. The maximum absolute atomic E-state index is 14.1. The minimum Gasteiger partial charge on any atom is -0.352 e. The Kier molecular flexibility index (Phi) is 11.5. The van der Waals surface area contributed by atoms with Crippen molar-refractivity contribution in [2.45, 2.75) is 64.1 Å². The Morgan fingerprint density at radius 1 is 0.902 bits per heavy atom. The third-order valence-electron chi connectivity index (χ3n) is 6.71. The van der Waals surface area contributed by atoms with Crippen LogP contribution >= 0.6 is 34.8 Å². The average molecular weight is 639 g/mol. The van der Waals surface area contributed by atoms with E-state index in [-0.39, 0.29) is 23.4 Å². The predicted molar refractivity (Wildman–Crippen MR) is 166 cm³/mol. The molecule has 0 aromatic heterocycles. The summed E-state index contributed by atoms with van der Waals surface area (Å²) in [5, 5.41) is 4.09. The van der Waals surface area contributed by atoms with E-state index in [0.717, 1.165) is 9.87 Å². The Hall–Kier alpha value is -2.78. The first-order valence-corrected chi connectivity index (χ1v) is 15.8. The van der Waals surface area contributed by atoms with Crippen molar-refractivity contribution in [1.82, 2.24) is 10.2 Å². The molecule has 0 unspecified atom stereocenters. The number of anilines is 1. The lowest BCUT2D eigenvalue weighted by Crippen LogP contribution is -2.53. The van der Waals surface area contributed by atoms with Crippen molar-refractivity contribution in [3.05, 3.63) is 92.9 Å². The maximum atomic E-state index is 14.1. The summed E-state index contributed by atoms with van der Waals surface area (Å²) in [6.45, 7) is 6.89. The fourth-order valence-electron chi connectivity index (χ4n) is 4.24. The van der Waals surface area contributed by atoms with Gasteiger partial charge >= 0.3 is 0 Å². The zero-order valence-electron chi connectivity index (χ0n) is 23.4. The number of sulfonamides is 1. The maximum Gasteiger partial charge on any atom is 0.264 e. The number of benzene rings is 3. The monoisotopic (exact) mass is 637 g/mol. The number of amides is 2. The summed E-state index contributed by atoms with van der Waals surface area (Å²) in [5.41, 5.74) is 1.70. The van der Waals surface area contributed by atoms with Crippen LogP contribution in [0.4, 0.5) is 5.69 Å². The Morgan fingerprint density at radius 3 is 2.15 bits per heavy atom. The average Bonchev–Trinajstić information content (AvgIpc) is 2.92. The van der Waals surface area contributed by atoms with Gasteiger partial charge in [0.2, 0.25) is 11.8 Å². The molecule has 0 spiro atoms.